The van der Waals surface area contributed by atoms with E-state index >= 15 is 0 Å². The molecule has 42 heavy (non-hydrogen) atoms. The number of rotatable bonds is 9. The summed E-state index contributed by atoms with van der Waals surface area (Å²) in [5.41, 5.74) is 4.68. The molecular formula is C34H40N4O4. The van der Waals surface area contributed by atoms with Crippen LogP contribution in [0.2, 0.25) is 0 Å². The van der Waals surface area contributed by atoms with Crippen molar-refractivity contribution in [1.82, 2.24) is 10.2 Å². The summed E-state index contributed by atoms with van der Waals surface area (Å²) in [7, 11) is 0. The minimum atomic E-state index is -1.14. The minimum absolute atomic E-state index is 0.138. The second-order valence-corrected chi connectivity index (χ2v) is 11.5. The molecule has 3 rings (SSSR count). The van der Waals surface area contributed by atoms with Gasteiger partial charge >= 0.3 is 6.09 Å². The second kappa shape index (κ2) is 13.8. The van der Waals surface area contributed by atoms with Gasteiger partial charge in [-0.25, -0.2) is 4.79 Å². The van der Waals surface area contributed by atoms with Crippen molar-refractivity contribution in [1.29, 1.82) is 5.26 Å². The second-order valence-electron chi connectivity index (χ2n) is 11.5. The SMILES string of the molecule is Cc1ccc(C)c(C(C(=O)Nc2c(C)cccc2C)N(CC#N)C(=O)C(Cc2ccccc2)NC(=O)OC(C)(C)C)c1. The Kier molecular flexibility index (Phi) is 10.5. The van der Waals surface area contributed by atoms with Gasteiger partial charge in [-0.15, -0.1) is 0 Å². The summed E-state index contributed by atoms with van der Waals surface area (Å²) in [4.78, 5) is 42.7. The summed E-state index contributed by atoms with van der Waals surface area (Å²) in [5, 5.41) is 15.6. The van der Waals surface area contributed by atoms with Gasteiger partial charge in [0, 0.05) is 12.1 Å². The Labute approximate surface area is 248 Å². The molecule has 220 valence electrons. The zero-order valence-corrected chi connectivity index (χ0v) is 25.4. The van der Waals surface area contributed by atoms with Gasteiger partial charge in [0.05, 0.1) is 6.07 Å². The highest BCUT2D eigenvalue weighted by atomic mass is 16.6. The van der Waals surface area contributed by atoms with Crippen molar-refractivity contribution in [3.05, 3.63) is 100 Å². The fourth-order valence-electron chi connectivity index (χ4n) is 4.78. The van der Waals surface area contributed by atoms with Crippen molar-refractivity contribution in [3.63, 3.8) is 0 Å². The quantitative estimate of drug-likeness (QED) is 0.304. The number of hydrogen-bond acceptors (Lipinski definition) is 5. The van der Waals surface area contributed by atoms with Crippen LogP contribution in [0.25, 0.3) is 0 Å². The van der Waals surface area contributed by atoms with E-state index in [1.165, 1.54) is 4.90 Å². The van der Waals surface area contributed by atoms with Crippen LogP contribution in [0.15, 0.2) is 66.7 Å². The number of anilines is 1. The molecule has 0 heterocycles. The predicted octanol–water partition coefficient (Wildman–Crippen LogP) is 6.09. The molecule has 0 aromatic heterocycles. The largest absolute Gasteiger partial charge is 0.444 e. The molecule has 8 heteroatoms. The van der Waals surface area contributed by atoms with Crippen molar-refractivity contribution in [2.24, 2.45) is 0 Å². The molecular weight excluding hydrogens is 528 g/mol. The van der Waals surface area contributed by atoms with Crippen LogP contribution in [0.5, 0.6) is 0 Å². The topological polar surface area (TPSA) is 112 Å². The molecule has 2 unspecified atom stereocenters. The number of nitrogens with zero attached hydrogens (tertiary/aromatic N) is 2. The van der Waals surface area contributed by atoms with Gasteiger partial charge in [0.2, 0.25) is 5.91 Å². The molecule has 0 bridgehead atoms. The van der Waals surface area contributed by atoms with Gasteiger partial charge in [-0.3, -0.25) is 9.59 Å². The first-order chi connectivity index (χ1) is 19.8. The van der Waals surface area contributed by atoms with Crippen LogP contribution in [0, 0.1) is 39.0 Å². The van der Waals surface area contributed by atoms with Crippen molar-refractivity contribution >= 4 is 23.6 Å². The minimum Gasteiger partial charge on any atom is -0.444 e. The maximum absolute atomic E-state index is 14.4. The third kappa shape index (κ3) is 8.43. The number of amides is 3. The van der Waals surface area contributed by atoms with E-state index < -0.39 is 35.6 Å². The smallest absolute Gasteiger partial charge is 0.408 e. The number of nitriles is 1. The predicted molar refractivity (Wildman–Crippen MR) is 164 cm³/mol. The molecule has 0 saturated carbocycles. The average molecular weight is 569 g/mol. The van der Waals surface area contributed by atoms with E-state index in [2.05, 4.69) is 16.7 Å². The Morgan fingerprint density at radius 3 is 2.14 bits per heavy atom. The lowest BCUT2D eigenvalue weighted by Gasteiger charge is -2.34. The zero-order chi connectivity index (χ0) is 31.0. The van der Waals surface area contributed by atoms with Crippen molar-refractivity contribution in [2.45, 2.75) is 72.6 Å². The third-order valence-corrected chi connectivity index (χ3v) is 6.81. The number of ether oxygens (including phenoxy) is 1. The van der Waals surface area contributed by atoms with Crippen molar-refractivity contribution < 1.29 is 19.1 Å². The Bertz CT molecular complexity index is 1450. The van der Waals surface area contributed by atoms with E-state index in [0.29, 0.717) is 11.3 Å². The van der Waals surface area contributed by atoms with Crippen molar-refractivity contribution in [2.75, 3.05) is 11.9 Å². The van der Waals surface area contributed by atoms with Gasteiger partial charge in [-0.1, -0.05) is 72.3 Å². The molecule has 0 aliphatic carbocycles. The number of benzene rings is 3. The number of hydrogen-bond donors (Lipinski definition) is 2. The summed E-state index contributed by atoms with van der Waals surface area (Å²) in [5.74, 6) is -1.03. The van der Waals surface area contributed by atoms with Crippen LogP contribution in [0.3, 0.4) is 0 Å². The van der Waals surface area contributed by atoms with E-state index in [-0.39, 0.29) is 13.0 Å². The van der Waals surface area contributed by atoms with Crippen LogP contribution in [-0.4, -0.2) is 41.0 Å². The average Bonchev–Trinajstić information content (AvgIpc) is 2.91. The molecule has 8 nitrogen and oxygen atoms in total. The maximum Gasteiger partial charge on any atom is 0.408 e. The summed E-state index contributed by atoms with van der Waals surface area (Å²) in [6.07, 6.45) is -0.629. The molecule has 2 atom stereocenters. The van der Waals surface area contributed by atoms with E-state index in [9.17, 15) is 19.6 Å². The first-order valence-electron chi connectivity index (χ1n) is 14.0. The monoisotopic (exact) mass is 568 g/mol. The number of carbonyl (C=O) groups is 3. The lowest BCUT2D eigenvalue weighted by molar-refractivity contribution is -0.140. The highest BCUT2D eigenvalue weighted by molar-refractivity contribution is 6.00. The molecule has 0 fully saturated rings. The molecule has 2 N–H and O–H groups in total. The van der Waals surface area contributed by atoms with Crippen molar-refractivity contribution in [3.8, 4) is 6.07 Å². The summed E-state index contributed by atoms with van der Waals surface area (Å²) < 4.78 is 5.46. The van der Waals surface area contributed by atoms with E-state index in [1.54, 1.807) is 20.8 Å². The fourth-order valence-corrected chi connectivity index (χ4v) is 4.78. The van der Waals surface area contributed by atoms with Crippen LogP contribution < -0.4 is 10.6 Å². The molecule has 0 aliphatic rings. The number of alkyl carbamates (subject to hydrolysis) is 1. The maximum atomic E-state index is 14.4. The van der Waals surface area contributed by atoms with Gasteiger partial charge in [0.15, 0.2) is 0 Å². The van der Waals surface area contributed by atoms with Gasteiger partial charge in [-0.2, -0.15) is 5.26 Å². The molecule has 3 aromatic carbocycles. The Hall–Kier alpha value is -4.64. The van der Waals surface area contributed by atoms with Crippen LogP contribution in [0.4, 0.5) is 10.5 Å². The van der Waals surface area contributed by atoms with Crippen LogP contribution in [0.1, 0.15) is 60.2 Å². The molecule has 3 amide bonds. The Morgan fingerprint density at radius 2 is 1.55 bits per heavy atom. The molecule has 0 spiro atoms. The normalized spacial score (nSPS) is 12.4. The first-order valence-corrected chi connectivity index (χ1v) is 14.0. The number of aryl methyl sites for hydroxylation is 4. The summed E-state index contributed by atoms with van der Waals surface area (Å²) >= 11 is 0. The number of carbonyl (C=O) groups excluding carboxylic acids is 3. The summed E-state index contributed by atoms with van der Waals surface area (Å²) in [6, 6.07) is 20.4. The molecule has 3 aromatic rings. The highest BCUT2D eigenvalue weighted by Crippen LogP contribution is 2.29. The number of nitrogens with one attached hydrogen (secondary N) is 2. The fraction of sp³-hybridized carbons (Fsp3) is 0.353. The van der Waals surface area contributed by atoms with Gasteiger partial charge in [0.1, 0.15) is 24.2 Å². The van der Waals surface area contributed by atoms with E-state index in [4.69, 9.17) is 4.74 Å². The lowest BCUT2D eigenvalue weighted by atomic mass is 9.95. The lowest BCUT2D eigenvalue weighted by Crippen LogP contribution is -2.53. The summed E-state index contributed by atoms with van der Waals surface area (Å²) in [6.45, 7) is 12.4. The molecule has 0 aliphatic heterocycles. The van der Waals surface area contributed by atoms with Gasteiger partial charge in [0.25, 0.3) is 5.91 Å². The number of para-hydroxylation sites is 1. The Balaban J connectivity index is 2.11. The zero-order valence-electron chi connectivity index (χ0n) is 25.4. The van der Waals surface area contributed by atoms with E-state index in [0.717, 1.165) is 27.8 Å². The Morgan fingerprint density at radius 1 is 0.905 bits per heavy atom. The molecule has 0 saturated heterocycles. The first kappa shape index (κ1) is 31.9. The van der Waals surface area contributed by atoms with Crippen LogP contribution >= 0.6 is 0 Å². The van der Waals surface area contributed by atoms with E-state index in [1.807, 2.05) is 94.4 Å². The van der Waals surface area contributed by atoms with Crippen LogP contribution in [-0.2, 0) is 20.7 Å². The van der Waals surface area contributed by atoms with Gasteiger partial charge < -0.3 is 20.3 Å². The third-order valence-electron chi connectivity index (χ3n) is 6.81. The molecule has 0 radical (unpaired) electrons. The highest BCUT2D eigenvalue weighted by Gasteiger charge is 2.37. The standard InChI is InChI=1S/C34H40N4O4/c1-22-16-17-23(2)27(20-22)30(31(39)37-29-24(3)12-11-13-25(29)4)38(19-18-35)32(40)28(21-26-14-9-8-10-15-26)36-33(41)42-34(5,6)7/h8-17,20,28,30H,19,21H2,1-7H3,(H,36,41)(H,37,39). The van der Waals surface area contributed by atoms with Gasteiger partial charge in [-0.05, 0) is 76.3 Å².